The van der Waals surface area contributed by atoms with Crippen LogP contribution >= 0.6 is 11.3 Å². The van der Waals surface area contributed by atoms with Crippen molar-refractivity contribution < 1.29 is 8.42 Å². The van der Waals surface area contributed by atoms with Gasteiger partial charge in [0.25, 0.3) is 10.0 Å². The molecule has 0 aliphatic heterocycles. The fourth-order valence-electron chi connectivity index (χ4n) is 1.38. The summed E-state index contributed by atoms with van der Waals surface area (Å²) in [5.41, 5.74) is 1.68. The lowest BCUT2D eigenvalue weighted by atomic mass is 10.2. The van der Waals surface area contributed by atoms with Crippen molar-refractivity contribution in [3.05, 3.63) is 46.8 Å². The summed E-state index contributed by atoms with van der Waals surface area (Å²) >= 11 is 1.27. The Bertz CT molecular complexity index is 612. The van der Waals surface area contributed by atoms with Crippen molar-refractivity contribution in [3.8, 4) is 0 Å². The monoisotopic (exact) mass is 267 g/mol. The Morgan fingerprint density at radius 2 is 1.65 bits per heavy atom. The van der Waals surface area contributed by atoms with Crippen molar-refractivity contribution in [3.63, 3.8) is 0 Å². The SMILES string of the molecule is Cc1ccc(NS(=O)(=O)c2ccc(C)s2)cc1. The second-order valence-corrected chi connectivity index (χ2v) is 7.03. The van der Waals surface area contributed by atoms with Crippen LogP contribution in [0.1, 0.15) is 10.4 Å². The van der Waals surface area contributed by atoms with Crippen molar-refractivity contribution in [1.29, 1.82) is 0 Å². The second-order valence-electron chi connectivity index (χ2n) is 3.84. The molecule has 3 nitrogen and oxygen atoms in total. The number of sulfonamides is 1. The first-order chi connectivity index (χ1) is 7.97. The second kappa shape index (κ2) is 4.50. The summed E-state index contributed by atoms with van der Waals surface area (Å²) in [6.45, 7) is 3.84. The molecule has 0 saturated heterocycles. The van der Waals surface area contributed by atoms with E-state index in [0.717, 1.165) is 10.4 Å². The zero-order valence-corrected chi connectivity index (χ0v) is 11.2. The standard InChI is InChI=1S/C12H13NO2S2/c1-9-3-6-11(7-4-9)13-17(14,15)12-8-5-10(2)16-12/h3-8,13H,1-2H3. The summed E-state index contributed by atoms with van der Waals surface area (Å²) in [6.07, 6.45) is 0. The lowest BCUT2D eigenvalue weighted by Gasteiger charge is -2.06. The van der Waals surface area contributed by atoms with Gasteiger partial charge in [-0.25, -0.2) is 8.42 Å². The maximum atomic E-state index is 12.0. The third kappa shape index (κ3) is 2.87. The Labute approximate surface area is 105 Å². The smallest absolute Gasteiger partial charge is 0.271 e. The molecule has 0 bridgehead atoms. The maximum Gasteiger partial charge on any atom is 0.271 e. The number of anilines is 1. The average Bonchev–Trinajstić information content (AvgIpc) is 2.69. The van der Waals surface area contributed by atoms with E-state index in [1.54, 1.807) is 24.3 Å². The molecule has 5 heteroatoms. The molecule has 0 atom stereocenters. The van der Waals surface area contributed by atoms with Gasteiger partial charge in [0.1, 0.15) is 4.21 Å². The lowest BCUT2D eigenvalue weighted by Crippen LogP contribution is -2.11. The first-order valence-electron chi connectivity index (χ1n) is 5.13. The highest BCUT2D eigenvalue weighted by Gasteiger charge is 2.15. The molecule has 0 aliphatic carbocycles. The third-order valence-corrected chi connectivity index (χ3v) is 5.16. The minimum absolute atomic E-state index is 0.343. The number of hydrogen-bond donors (Lipinski definition) is 1. The van der Waals surface area contributed by atoms with Crippen molar-refractivity contribution in [2.24, 2.45) is 0 Å². The van der Waals surface area contributed by atoms with E-state index < -0.39 is 10.0 Å². The summed E-state index contributed by atoms with van der Waals surface area (Å²) in [7, 11) is -3.44. The predicted molar refractivity (Wildman–Crippen MR) is 71.0 cm³/mol. The van der Waals surface area contributed by atoms with E-state index in [-0.39, 0.29) is 0 Å². The van der Waals surface area contributed by atoms with Crippen LogP contribution in [-0.4, -0.2) is 8.42 Å². The normalized spacial score (nSPS) is 11.4. The number of thiophene rings is 1. The van der Waals surface area contributed by atoms with Gasteiger partial charge < -0.3 is 0 Å². The molecular formula is C12H13NO2S2. The van der Waals surface area contributed by atoms with Gasteiger partial charge in [-0.1, -0.05) is 17.7 Å². The minimum atomic E-state index is -3.44. The molecule has 0 spiro atoms. The number of benzene rings is 1. The lowest BCUT2D eigenvalue weighted by molar-refractivity contribution is 0.603. The van der Waals surface area contributed by atoms with E-state index in [1.165, 1.54) is 11.3 Å². The Hall–Kier alpha value is -1.33. The zero-order chi connectivity index (χ0) is 12.5. The molecule has 0 fully saturated rings. The largest absolute Gasteiger partial charge is 0.279 e. The van der Waals surface area contributed by atoms with E-state index in [1.807, 2.05) is 26.0 Å². The molecule has 1 N–H and O–H groups in total. The molecule has 0 radical (unpaired) electrons. The van der Waals surface area contributed by atoms with Crippen LogP contribution in [0.25, 0.3) is 0 Å². The molecule has 1 heterocycles. The van der Waals surface area contributed by atoms with Crippen LogP contribution in [0.3, 0.4) is 0 Å². The van der Waals surface area contributed by atoms with E-state index in [9.17, 15) is 8.42 Å². The molecular weight excluding hydrogens is 254 g/mol. The summed E-state index contributed by atoms with van der Waals surface area (Å²) in [5.74, 6) is 0. The van der Waals surface area contributed by atoms with Crippen molar-refractivity contribution in [1.82, 2.24) is 0 Å². The molecule has 0 amide bonds. The van der Waals surface area contributed by atoms with E-state index in [4.69, 9.17) is 0 Å². The number of nitrogens with one attached hydrogen (secondary N) is 1. The van der Waals surface area contributed by atoms with Crippen molar-refractivity contribution >= 4 is 27.0 Å². The van der Waals surface area contributed by atoms with Gasteiger partial charge in [0.05, 0.1) is 0 Å². The highest BCUT2D eigenvalue weighted by atomic mass is 32.2. The topological polar surface area (TPSA) is 46.2 Å². The number of aryl methyl sites for hydroxylation is 2. The van der Waals surface area contributed by atoms with Crippen LogP contribution < -0.4 is 4.72 Å². The molecule has 0 saturated carbocycles. The van der Waals surface area contributed by atoms with Crippen LogP contribution in [0.15, 0.2) is 40.6 Å². The summed E-state index contributed by atoms with van der Waals surface area (Å²) in [4.78, 5) is 0.981. The highest BCUT2D eigenvalue weighted by Crippen LogP contribution is 2.23. The fourth-order valence-corrected chi connectivity index (χ4v) is 3.73. The van der Waals surface area contributed by atoms with Crippen LogP contribution in [0.5, 0.6) is 0 Å². The zero-order valence-electron chi connectivity index (χ0n) is 9.60. The number of hydrogen-bond acceptors (Lipinski definition) is 3. The molecule has 1 aromatic carbocycles. The van der Waals surface area contributed by atoms with Crippen LogP contribution in [-0.2, 0) is 10.0 Å². The van der Waals surface area contributed by atoms with Crippen LogP contribution in [0, 0.1) is 13.8 Å². The third-order valence-electron chi connectivity index (χ3n) is 2.28. The molecule has 2 rings (SSSR count). The minimum Gasteiger partial charge on any atom is -0.279 e. The van der Waals surface area contributed by atoms with E-state index in [0.29, 0.717) is 9.90 Å². The summed E-state index contributed by atoms with van der Waals surface area (Å²) in [5, 5.41) is 0. The Morgan fingerprint density at radius 3 is 2.18 bits per heavy atom. The van der Waals surface area contributed by atoms with Gasteiger partial charge in [-0.3, -0.25) is 4.72 Å². The van der Waals surface area contributed by atoms with Gasteiger partial charge in [0.2, 0.25) is 0 Å². The Kier molecular flexibility index (Phi) is 3.22. The Balaban J connectivity index is 2.26. The molecule has 1 aromatic heterocycles. The quantitative estimate of drug-likeness (QED) is 0.928. The van der Waals surface area contributed by atoms with Crippen molar-refractivity contribution in [2.45, 2.75) is 18.1 Å². The molecule has 2 aromatic rings. The van der Waals surface area contributed by atoms with Gasteiger partial charge >= 0.3 is 0 Å². The molecule has 90 valence electrons. The van der Waals surface area contributed by atoms with Gasteiger partial charge in [-0.15, -0.1) is 11.3 Å². The fraction of sp³-hybridized carbons (Fsp3) is 0.167. The summed E-state index contributed by atoms with van der Waals surface area (Å²) < 4.78 is 26.9. The molecule has 0 unspecified atom stereocenters. The average molecular weight is 267 g/mol. The van der Waals surface area contributed by atoms with Gasteiger partial charge in [0, 0.05) is 10.6 Å². The predicted octanol–water partition coefficient (Wildman–Crippen LogP) is 3.17. The van der Waals surface area contributed by atoms with Crippen molar-refractivity contribution in [2.75, 3.05) is 4.72 Å². The van der Waals surface area contributed by atoms with Crippen LogP contribution in [0.4, 0.5) is 5.69 Å². The first-order valence-corrected chi connectivity index (χ1v) is 7.43. The molecule has 0 aliphatic rings. The van der Waals surface area contributed by atoms with Gasteiger partial charge in [-0.05, 0) is 38.1 Å². The van der Waals surface area contributed by atoms with Gasteiger partial charge in [0.15, 0.2) is 0 Å². The summed E-state index contributed by atoms with van der Waals surface area (Å²) in [6, 6.07) is 10.7. The van der Waals surface area contributed by atoms with Gasteiger partial charge in [-0.2, -0.15) is 0 Å². The van der Waals surface area contributed by atoms with E-state index in [2.05, 4.69) is 4.72 Å². The molecule has 17 heavy (non-hydrogen) atoms. The first kappa shape index (κ1) is 12.1. The van der Waals surface area contributed by atoms with E-state index >= 15 is 0 Å². The Morgan fingerprint density at radius 1 is 1.00 bits per heavy atom. The maximum absolute atomic E-state index is 12.0. The number of rotatable bonds is 3. The van der Waals surface area contributed by atoms with Crippen LogP contribution in [0.2, 0.25) is 0 Å². The highest BCUT2D eigenvalue weighted by molar-refractivity contribution is 7.94.